The average molecular weight is 471 g/mol. The van der Waals surface area contributed by atoms with Crippen molar-refractivity contribution >= 4 is 32.8 Å². The number of aryl methyl sites for hydroxylation is 1. The van der Waals surface area contributed by atoms with Crippen LogP contribution in [0.25, 0.3) is 49.7 Å². The van der Waals surface area contributed by atoms with E-state index >= 15 is 0 Å². The van der Waals surface area contributed by atoms with Gasteiger partial charge in [0.05, 0.1) is 39.5 Å². The van der Waals surface area contributed by atoms with E-state index in [-0.39, 0.29) is 5.69 Å². The van der Waals surface area contributed by atoms with Crippen molar-refractivity contribution in [1.29, 1.82) is 0 Å². The number of alkyl halides is 3. The fraction of sp³-hybridized carbons (Fsp3) is 0.0769. The van der Waals surface area contributed by atoms with Crippen LogP contribution in [0.2, 0.25) is 0 Å². The lowest BCUT2D eigenvalue weighted by molar-refractivity contribution is -0.137. The minimum Gasteiger partial charge on any atom is -0.293 e. The van der Waals surface area contributed by atoms with Gasteiger partial charge in [0.25, 0.3) is 0 Å². The van der Waals surface area contributed by atoms with Crippen LogP contribution in [0.1, 0.15) is 5.56 Å². The lowest BCUT2D eigenvalue weighted by Crippen LogP contribution is -2.20. The van der Waals surface area contributed by atoms with Gasteiger partial charge < -0.3 is 0 Å². The first-order valence-electron chi connectivity index (χ1n) is 10.7. The van der Waals surface area contributed by atoms with Crippen LogP contribution in [0.3, 0.4) is 0 Å². The first-order valence-corrected chi connectivity index (χ1v) is 10.7. The number of hydrogen-bond donors (Lipinski definition) is 0. The molecule has 6 nitrogen and oxygen atoms in total. The summed E-state index contributed by atoms with van der Waals surface area (Å²) in [4.78, 5) is 25.9. The number of rotatable bonds is 2. The van der Waals surface area contributed by atoms with Crippen LogP contribution in [-0.2, 0) is 13.2 Å². The Labute approximate surface area is 195 Å². The number of hydrogen-bond acceptors (Lipinski definition) is 4. The van der Waals surface area contributed by atoms with Gasteiger partial charge in [0, 0.05) is 42.0 Å². The Bertz CT molecular complexity index is 1840. The molecule has 0 unspecified atom stereocenters. The molecule has 0 N–H and O–H groups in total. The molecule has 0 spiro atoms. The maximum absolute atomic E-state index is 13.3. The Morgan fingerprint density at radius 2 is 1.69 bits per heavy atom. The fourth-order valence-corrected chi connectivity index (χ4v) is 4.37. The summed E-state index contributed by atoms with van der Waals surface area (Å²) < 4.78 is 42.9. The number of fused-ring (bicyclic) bond motifs is 4. The molecule has 172 valence electrons. The van der Waals surface area contributed by atoms with E-state index in [1.165, 1.54) is 10.8 Å². The third-order valence-electron chi connectivity index (χ3n) is 6.13. The highest BCUT2D eigenvalue weighted by Gasteiger charge is 2.31. The zero-order chi connectivity index (χ0) is 24.3. The van der Waals surface area contributed by atoms with Gasteiger partial charge in [-0.25, -0.2) is 4.79 Å². The van der Waals surface area contributed by atoms with Gasteiger partial charge in [-0.2, -0.15) is 13.2 Å². The smallest absolute Gasteiger partial charge is 0.293 e. The van der Waals surface area contributed by atoms with Crippen LogP contribution in [0.4, 0.5) is 13.2 Å². The fourth-order valence-electron chi connectivity index (χ4n) is 4.37. The predicted molar refractivity (Wildman–Crippen MR) is 127 cm³/mol. The van der Waals surface area contributed by atoms with Gasteiger partial charge in [0.15, 0.2) is 0 Å². The topological polar surface area (TPSA) is 65.6 Å². The number of imidazole rings is 1. The van der Waals surface area contributed by atoms with Crippen LogP contribution >= 0.6 is 0 Å². The Morgan fingerprint density at radius 3 is 2.51 bits per heavy atom. The standard InChI is InChI=1S/C26H16F3N5O/c1-33-23-14-32-22-6-4-15(17-9-18(13-30-12-17)26(27,28)29)11-20(22)24(23)34(25(33)35)19-5-7-21-16(10-19)3-2-8-31-21/h2-14H,1H3. The van der Waals surface area contributed by atoms with Crippen molar-refractivity contribution in [3.63, 3.8) is 0 Å². The van der Waals surface area contributed by atoms with Gasteiger partial charge in [0.2, 0.25) is 0 Å². The molecule has 35 heavy (non-hydrogen) atoms. The second-order valence-corrected chi connectivity index (χ2v) is 8.24. The summed E-state index contributed by atoms with van der Waals surface area (Å²) in [5.74, 6) is 0. The minimum absolute atomic E-state index is 0.260. The van der Waals surface area contributed by atoms with Gasteiger partial charge in [-0.15, -0.1) is 0 Å². The molecule has 0 aliphatic heterocycles. The Kier molecular flexibility index (Phi) is 4.50. The monoisotopic (exact) mass is 471 g/mol. The van der Waals surface area contributed by atoms with Crippen molar-refractivity contribution in [2.75, 3.05) is 0 Å². The van der Waals surface area contributed by atoms with Gasteiger partial charge >= 0.3 is 11.9 Å². The van der Waals surface area contributed by atoms with Crippen molar-refractivity contribution in [3.8, 4) is 16.8 Å². The maximum Gasteiger partial charge on any atom is 0.417 e. The minimum atomic E-state index is -4.50. The summed E-state index contributed by atoms with van der Waals surface area (Å²) in [5.41, 5.74) is 3.06. The molecule has 4 aromatic heterocycles. The average Bonchev–Trinajstić information content (AvgIpc) is 3.13. The van der Waals surface area contributed by atoms with Crippen molar-refractivity contribution < 1.29 is 13.2 Å². The molecule has 9 heteroatoms. The predicted octanol–water partition coefficient (Wildman–Crippen LogP) is 5.51. The zero-order valence-corrected chi connectivity index (χ0v) is 18.3. The van der Waals surface area contributed by atoms with Crippen molar-refractivity contribution in [1.82, 2.24) is 24.1 Å². The van der Waals surface area contributed by atoms with Gasteiger partial charge in [-0.1, -0.05) is 12.1 Å². The van der Waals surface area contributed by atoms with Gasteiger partial charge in [-0.05, 0) is 48.0 Å². The van der Waals surface area contributed by atoms with E-state index in [4.69, 9.17) is 0 Å². The SMILES string of the molecule is Cn1c(=O)n(-c2ccc3ncccc3c2)c2c3cc(-c4cncc(C(F)(F)F)c4)ccc3ncc21. The summed E-state index contributed by atoms with van der Waals surface area (Å²) in [6.07, 6.45) is 1.02. The quantitative estimate of drug-likeness (QED) is 0.334. The van der Waals surface area contributed by atoms with Crippen molar-refractivity contribution in [3.05, 3.63) is 95.4 Å². The Balaban J connectivity index is 1.64. The summed E-state index contributed by atoms with van der Waals surface area (Å²) >= 11 is 0. The first-order chi connectivity index (χ1) is 16.8. The molecule has 2 aromatic carbocycles. The van der Waals surface area contributed by atoms with E-state index in [0.717, 1.165) is 23.2 Å². The lowest BCUT2D eigenvalue weighted by atomic mass is 10.0. The van der Waals surface area contributed by atoms with Gasteiger partial charge in [-0.3, -0.25) is 24.1 Å². The second-order valence-electron chi connectivity index (χ2n) is 8.24. The molecule has 0 saturated heterocycles. The highest BCUT2D eigenvalue weighted by atomic mass is 19.4. The largest absolute Gasteiger partial charge is 0.417 e. The molecule has 0 aliphatic rings. The highest BCUT2D eigenvalue weighted by Crippen LogP contribution is 2.33. The number of nitrogens with zero attached hydrogens (tertiary/aromatic N) is 5. The third kappa shape index (κ3) is 3.35. The molecule has 4 heterocycles. The second kappa shape index (κ2) is 7.49. The van der Waals surface area contributed by atoms with E-state index in [0.29, 0.717) is 38.8 Å². The van der Waals surface area contributed by atoms with E-state index in [1.807, 2.05) is 30.3 Å². The summed E-state index contributed by atoms with van der Waals surface area (Å²) in [5, 5.41) is 1.52. The van der Waals surface area contributed by atoms with Crippen LogP contribution < -0.4 is 5.69 Å². The third-order valence-corrected chi connectivity index (χ3v) is 6.13. The molecule has 0 radical (unpaired) electrons. The van der Waals surface area contributed by atoms with E-state index < -0.39 is 11.7 Å². The Hall–Kier alpha value is -4.53. The molecule has 6 aromatic rings. The molecule has 6 rings (SSSR count). The molecule has 0 aliphatic carbocycles. The summed E-state index contributed by atoms with van der Waals surface area (Å²) in [6, 6.07) is 15.5. The van der Waals surface area contributed by atoms with E-state index in [2.05, 4.69) is 15.0 Å². The highest BCUT2D eigenvalue weighted by molar-refractivity contribution is 6.04. The molecule has 0 amide bonds. The van der Waals surface area contributed by atoms with Crippen LogP contribution in [0.5, 0.6) is 0 Å². The summed E-state index contributed by atoms with van der Waals surface area (Å²) in [7, 11) is 1.66. The van der Waals surface area contributed by atoms with Gasteiger partial charge in [0.1, 0.15) is 0 Å². The van der Waals surface area contributed by atoms with Crippen molar-refractivity contribution in [2.24, 2.45) is 7.05 Å². The van der Waals surface area contributed by atoms with Crippen LogP contribution in [-0.4, -0.2) is 24.1 Å². The Morgan fingerprint density at radius 1 is 0.857 bits per heavy atom. The van der Waals surface area contributed by atoms with Crippen LogP contribution in [0.15, 0.2) is 84.2 Å². The van der Waals surface area contributed by atoms with E-state index in [1.54, 1.807) is 42.2 Å². The normalized spacial score (nSPS) is 12.1. The molecular weight excluding hydrogens is 455 g/mol. The number of halogens is 3. The zero-order valence-electron chi connectivity index (χ0n) is 18.3. The number of benzene rings is 2. The number of aromatic nitrogens is 5. The molecule has 0 fully saturated rings. The molecular formula is C26H16F3N5O. The van der Waals surface area contributed by atoms with Crippen molar-refractivity contribution in [2.45, 2.75) is 6.18 Å². The lowest BCUT2D eigenvalue weighted by Gasteiger charge is -2.10. The molecule has 0 bridgehead atoms. The van der Waals surface area contributed by atoms with E-state index in [9.17, 15) is 18.0 Å². The summed E-state index contributed by atoms with van der Waals surface area (Å²) in [6.45, 7) is 0. The maximum atomic E-state index is 13.3. The van der Waals surface area contributed by atoms with Crippen LogP contribution in [0, 0.1) is 0 Å². The first kappa shape index (κ1) is 21.0. The number of pyridine rings is 3. The molecule has 0 saturated carbocycles. The molecule has 0 atom stereocenters.